The van der Waals surface area contributed by atoms with Gasteiger partial charge in [-0.2, -0.15) is 0 Å². The zero-order chi connectivity index (χ0) is 12.8. The lowest BCUT2D eigenvalue weighted by atomic mass is 10.1. The van der Waals surface area contributed by atoms with Crippen LogP contribution in [0.25, 0.3) is 0 Å². The first kappa shape index (κ1) is 14.4. The Hall–Kier alpha value is -0.680. The van der Waals surface area contributed by atoms with Crippen LogP contribution in [0.1, 0.15) is 11.6 Å². The lowest BCUT2D eigenvalue weighted by molar-refractivity contribution is 0.240. The minimum absolute atomic E-state index is 0.0462. The van der Waals surface area contributed by atoms with E-state index in [0.29, 0.717) is 0 Å². The molecule has 0 aliphatic carbocycles. The van der Waals surface area contributed by atoms with Crippen LogP contribution >= 0.6 is 11.6 Å². The Balaban J connectivity index is 2.62. The molecule has 1 aromatic rings. The van der Waals surface area contributed by atoms with E-state index in [1.54, 1.807) is 12.1 Å². The second-order valence-electron chi connectivity index (χ2n) is 4.17. The maximum atomic E-state index is 13.0. The topological polar surface area (TPSA) is 35.5 Å². The summed E-state index contributed by atoms with van der Waals surface area (Å²) in [6.07, 6.45) is 0. The number of rotatable bonds is 6. The predicted molar refractivity (Wildman–Crippen MR) is 67.8 cm³/mol. The van der Waals surface area contributed by atoms with Gasteiger partial charge in [-0.15, -0.1) is 0 Å². The van der Waals surface area contributed by atoms with E-state index >= 15 is 0 Å². The first-order chi connectivity index (χ1) is 8.04. The number of nitrogens with zero attached hydrogens (tertiary/aromatic N) is 1. The predicted octanol–water partition coefficient (Wildman–Crippen LogP) is 1.66. The smallest absolute Gasteiger partial charge is 0.141 e. The second kappa shape index (κ2) is 6.91. The highest BCUT2D eigenvalue weighted by atomic mass is 35.5. The summed E-state index contributed by atoms with van der Waals surface area (Å²) in [6, 6.07) is 4.27. The highest BCUT2D eigenvalue weighted by Gasteiger charge is 2.11. The van der Waals surface area contributed by atoms with E-state index in [1.807, 2.05) is 19.0 Å². The van der Waals surface area contributed by atoms with Crippen molar-refractivity contribution < 1.29 is 9.50 Å². The molecule has 0 bridgehead atoms. The summed E-state index contributed by atoms with van der Waals surface area (Å²) in [6.45, 7) is 1.56. The average Bonchev–Trinajstić information content (AvgIpc) is 2.28. The van der Waals surface area contributed by atoms with Gasteiger partial charge in [-0.3, -0.25) is 0 Å². The van der Waals surface area contributed by atoms with Gasteiger partial charge >= 0.3 is 0 Å². The second-order valence-corrected chi connectivity index (χ2v) is 4.57. The van der Waals surface area contributed by atoms with Crippen LogP contribution in [0.3, 0.4) is 0 Å². The third-order valence-electron chi connectivity index (χ3n) is 2.48. The summed E-state index contributed by atoms with van der Waals surface area (Å²) in [7, 11) is 3.95. The van der Waals surface area contributed by atoms with Gasteiger partial charge in [0, 0.05) is 13.1 Å². The summed E-state index contributed by atoms with van der Waals surface area (Å²) in [5, 5.41) is 12.6. The molecule has 0 aromatic heterocycles. The molecule has 17 heavy (non-hydrogen) atoms. The molecule has 96 valence electrons. The first-order valence-corrected chi connectivity index (χ1v) is 5.86. The van der Waals surface area contributed by atoms with Crippen LogP contribution in [0.5, 0.6) is 0 Å². The molecule has 0 spiro atoms. The van der Waals surface area contributed by atoms with Crippen molar-refractivity contribution in [3.63, 3.8) is 0 Å². The monoisotopic (exact) mass is 260 g/mol. The molecule has 3 nitrogen and oxygen atoms in total. The SMILES string of the molecule is CN(C)CCNC(CO)c1ccc(F)c(Cl)c1. The number of nitrogens with one attached hydrogen (secondary N) is 1. The molecule has 1 rings (SSSR count). The third kappa shape index (κ3) is 4.60. The van der Waals surface area contributed by atoms with E-state index in [1.165, 1.54) is 6.07 Å². The summed E-state index contributed by atoms with van der Waals surface area (Å²) in [4.78, 5) is 2.04. The molecule has 1 unspecified atom stereocenters. The number of hydrogen-bond donors (Lipinski definition) is 2. The number of halogens is 2. The molecule has 0 heterocycles. The molecular formula is C12H18ClFN2O. The fourth-order valence-electron chi connectivity index (χ4n) is 1.48. The van der Waals surface area contributed by atoms with Crippen LogP contribution in [0.2, 0.25) is 5.02 Å². The zero-order valence-corrected chi connectivity index (χ0v) is 10.8. The Labute approximate surface area is 106 Å². The van der Waals surface area contributed by atoms with Gasteiger partial charge in [0.05, 0.1) is 17.7 Å². The van der Waals surface area contributed by atoms with Gasteiger partial charge in [0.15, 0.2) is 0 Å². The molecule has 0 radical (unpaired) electrons. The Morgan fingerprint density at radius 1 is 1.47 bits per heavy atom. The van der Waals surface area contributed by atoms with Crippen LogP contribution in [0.4, 0.5) is 4.39 Å². The number of hydrogen-bond acceptors (Lipinski definition) is 3. The van der Waals surface area contributed by atoms with E-state index < -0.39 is 5.82 Å². The van der Waals surface area contributed by atoms with Crippen molar-refractivity contribution in [1.29, 1.82) is 0 Å². The normalized spacial score (nSPS) is 13.1. The largest absolute Gasteiger partial charge is 0.394 e. The van der Waals surface area contributed by atoms with Gasteiger partial charge in [0.2, 0.25) is 0 Å². The van der Waals surface area contributed by atoms with Crippen LogP contribution < -0.4 is 5.32 Å². The molecular weight excluding hydrogens is 243 g/mol. The van der Waals surface area contributed by atoms with Crippen LogP contribution in [-0.4, -0.2) is 43.8 Å². The molecule has 0 aliphatic heterocycles. The molecule has 5 heteroatoms. The lowest BCUT2D eigenvalue weighted by Crippen LogP contribution is -2.31. The van der Waals surface area contributed by atoms with Crippen molar-refractivity contribution in [1.82, 2.24) is 10.2 Å². The van der Waals surface area contributed by atoms with Crippen molar-refractivity contribution in [2.45, 2.75) is 6.04 Å². The van der Waals surface area contributed by atoms with Crippen molar-refractivity contribution >= 4 is 11.6 Å². The Kier molecular flexibility index (Phi) is 5.85. The molecule has 0 amide bonds. The maximum Gasteiger partial charge on any atom is 0.141 e. The van der Waals surface area contributed by atoms with Gasteiger partial charge in [-0.25, -0.2) is 4.39 Å². The van der Waals surface area contributed by atoms with Crippen molar-refractivity contribution in [3.8, 4) is 0 Å². The Morgan fingerprint density at radius 2 is 2.18 bits per heavy atom. The van der Waals surface area contributed by atoms with Crippen LogP contribution in [-0.2, 0) is 0 Å². The van der Waals surface area contributed by atoms with E-state index in [4.69, 9.17) is 11.6 Å². The number of aliphatic hydroxyl groups is 1. The van der Waals surface area contributed by atoms with E-state index in [2.05, 4.69) is 5.32 Å². The molecule has 0 saturated carbocycles. The number of likely N-dealkylation sites (N-methyl/N-ethyl adjacent to an activating group) is 1. The molecule has 1 aromatic carbocycles. The zero-order valence-electron chi connectivity index (χ0n) is 10.1. The highest BCUT2D eigenvalue weighted by Crippen LogP contribution is 2.20. The van der Waals surface area contributed by atoms with Crippen LogP contribution in [0, 0.1) is 5.82 Å². The molecule has 0 saturated heterocycles. The third-order valence-corrected chi connectivity index (χ3v) is 2.77. The van der Waals surface area contributed by atoms with Gasteiger partial charge in [0.1, 0.15) is 5.82 Å². The average molecular weight is 261 g/mol. The number of aliphatic hydroxyl groups excluding tert-OH is 1. The molecule has 1 atom stereocenters. The molecule has 2 N–H and O–H groups in total. The van der Waals surface area contributed by atoms with Gasteiger partial charge in [-0.05, 0) is 31.8 Å². The van der Waals surface area contributed by atoms with Crippen molar-refractivity contribution in [2.24, 2.45) is 0 Å². The summed E-state index contributed by atoms with van der Waals surface area (Å²) >= 11 is 5.71. The minimum atomic E-state index is -0.444. The van der Waals surface area contributed by atoms with Crippen LogP contribution in [0.15, 0.2) is 18.2 Å². The van der Waals surface area contributed by atoms with E-state index in [-0.39, 0.29) is 17.7 Å². The molecule has 0 fully saturated rings. The fourth-order valence-corrected chi connectivity index (χ4v) is 1.67. The van der Waals surface area contributed by atoms with Crippen molar-refractivity contribution in [3.05, 3.63) is 34.6 Å². The highest BCUT2D eigenvalue weighted by molar-refractivity contribution is 6.30. The summed E-state index contributed by atoms with van der Waals surface area (Å²) in [5.74, 6) is -0.444. The summed E-state index contributed by atoms with van der Waals surface area (Å²) in [5.41, 5.74) is 0.789. The Morgan fingerprint density at radius 3 is 2.71 bits per heavy atom. The lowest BCUT2D eigenvalue weighted by Gasteiger charge is -2.18. The maximum absolute atomic E-state index is 13.0. The Bertz CT molecular complexity index is 360. The minimum Gasteiger partial charge on any atom is -0.394 e. The van der Waals surface area contributed by atoms with Gasteiger partial charge in [0.25, 0.3) is 0 Å². The quantitative estimate of drug-likeness (QED) is 0.817. The van der Waals surface area contributed by atoms with Gasteiger partial charge < -0.3 is 15.3 Å². The van der Waals surface area contributed by atoms with E-state index in [0.717, 1.165) is 18.7 Å². The molecule has 0 aliphatic rings. The fraction of sp³-hybridized carbons (Fsp3) is 0.500. The van der Waals surface area contributed by atoms with E-state index in [9.17, 15) is 9.50 Å². The first-order valence-electron chi connectivity index (χ1n) is 5.48. The van der Waals surface area contributed by atoms with Crippen molar-refractivity contribution in [2.75, 3.05) is 33.8 Å². The summed E-state index contributed by atoms with van der Waals surface area (Å²) < 4.78 is 13.0. The van der Waals surface area contributed by atoms with Gasteiger partial charge in [-0.1, -0.05) is 17.7 Å². The number of benzene rings is 1. The standard InChI is InChI=1S/C12H18ClFN2O/c1-16(2)6-5-15-12(8-17)9-3-4-11(14)10(13)7-9/h3-4,7,12,15,17H,5-6,8H2,1-2H3.